The molecule has 1 N–H and O–H groups in total. The molecule has 6 nitrogen and oxygen atoms in total. The molecule has 1 aliphatic heterocycles. The third-order valence-electron chi connectivity index (χ3n) is 4.97. The quantitative estimate of drug-likeness (QED) is 0.870. The Labute approximate surface area is 148 Å². The number of aryl methyl sites for hydroxylation is 1. The van der Waals surface area contributed by atoms with Gasteiger partial charge >= 0.3 is 0 Å². The van der Waals surface area contributed by atoms with Crippen molar-refractivity contribution in [3.63, 3.8) is 0 Å². The molecule has 0 aromatic carbocycles. The molecule has 25 heavy (non-hydrogen) atoms. The van der Waals surface area contributed by atoms with Gasteiger partial charge in [0, 0.05) is 24.0 Å². The summed E-state index contributed by atoms with van der Waals surface area (Å²) in [5.41, 5.74) is 4.53. The maximum absolute atomic E-state index is 12.5. The van der Waals surface area contributed by atoms with E-state index >= 15 is 0 Å². The van der Waals surface area contributed by atoms with Gasteiger partial charge in [-0.15, -0.1) is 0 Å². The number of ether oxygens (including phenoxy) is 1. The summed E-state index contributed by atoms with van der Waals surface area (Å²) in [7, 11) is 0. The van der Waals surface area contributed by atoms with E-state index in [-0.39, 0.29) is 24.4 Å². The summed E-state index contributed by atoms with van der Waals surface area (Å²) in [5.74, 6) is 0.279. The van der Waals surface area contributed by atoms with Crippen LogP contribution in [0.5, 0.6) is 0 Å². The zero-order chi connectivity index (χ0) is 17.8. The molecular formula is C19H26N4O2. The van der Waals surface area contributed by atoms with Crippen molar-refractivity contribution in [3.8, 4) is 0 Å². The van der Waals surface area contributed by atoms with Gasteiger partial charge in [-0.2, -0.15) is 5.10 Å². The average molecular weight is 342 g/mol. The van der Waals surface area contributed by atoms with E-state index in [0.717, 1.165) is 24.2 Å². The Morgan fingerprint density at radius 2 is 2.08 bits per heavy atom. The number of hydrogen-bond acceptors (Lipinski definition) is 4. The molecule has 1 fully saturated rings. The Balaban J connectivity index is 1.60. The van der Waals surface area contributed by atoms with E-state index in [1.54, 1.807) is 17.1 Å². The highest BCUT2D eigenvalue weighted by atomic mass is 16.5. The van der Waals surface area contributed by atoms with Gasteiger partial charge in [0.1, 0.15) is 6.54 Å². The van der Waals surface area contributed by atoms with Crippen LogP contribution in [0.25, 0.3) is 0 Å². The predicted molar refractivity (Wildman–Crippen MR) is 95.3 cm³/mol. The van der Waals surface area contributed by atoms with Gasteiger partial charge in [-0.1, -0.05) is 6.92 Å². The van der Waals surface area contributed by atoms with Crippen LogP contribution >= 0.6 is 0 Å². The number of pyridine rings is 1. The van der Waals surface area contributed by atoms with Crippen LogP contribution in [0, 0.1) is 19.8 Å². The number of rotatable bonds is 6. The summed E-state index contributed by atoms with van der Waals surface area (Å²) in [6.07, 6.45) is 5.41. The predicted octanol–water partition coefficient (Wildman–Crippen LogP) is 1.83. The fraction of sp³-hybridized carbons (Fsp3) is 0.526. The molecular weight excluding hydrogens is 316 g/mol. The molecule has 0 aliphatic carbocycles. The van der Waals surface area contributed by atoms with E-state index in [4.69, 9.17) is 4.74 Å². The highest BCUT2D eigenvalue weighted by Gasteiger charge is 2.29. The Morgan fingerprint density at radius 1 is 1.32 bits per heavy atom. The Kier molecular flexibility index (Phi) is 5.48. The first kappa shape index (κ1) is 17.6. The van der Waals surface area contributed by atoms with Crippen LogP contribution in [-0.2, 0) is 28.9 Å². The van der Waals surface area contributed by atoms with Gasteiger partial charge in [0.15, 0.2) is 0 Å². The van der Waals surface area contributed by atoms with Crippen molar-refractivity contribution in [2.24, 2.45) is 5.92 Å². The molecule has 2 unspecified atom stereocenters. The molecule has 1 saturated heterocycles. The van der Waals surface area contributed by atoms with E-state index in [1.807, 2.05) is 26.0 Å². The summed E-state index contributed by atoms with van der Waals surface area (Å²) in [5, 5.41) is 7.63. The monoisotopic (exact) mass is 342 g/mol. The van der Waals surface area contributed by atoms with Gasteiger partial charge in [-0.3, -0.25) is 14.5 Å². The van der Waals surface area contributed by atoms with Crippen molar-refractivity contribution in [3.05, 3.63) is 47.0 Å². The Bertz CT molecular complexity index is 727. The third-order valence-corrected chi connectivity index (χ3v) is 4.97. The van der Waals surface area contributed by atoms with Crippen molar-refractivity contribution in [1.82, 2.24) is 20.1 Å². The van der Waals surface area contributed by atoms with Crippen molar-refractivity contribution in [2.45, 2.75) is 46.2 Å². The van der Waals surface area contributed by atoms with E-state index in [0.29, 0.717) is 13.2 Å². The summed E-state index contributed by atoms with van der Waals surface area (Å²) < 4.78 is 7.41. The first-order chi connectivity index (χ1) is 12.1. The highest BCUT2D eigenvalue weighted by Crippen LogP contribution is 2.19. The standard InChI is InChI=1S/C19H26N4O2/c1-4-17-13(2)22-23(14(17)3)10-19(24)21-18-12-25-11-16(18)9-15-5-7-20-8-6-15/h5-8,16,18H,4,9-12H2,1-3H3,(H,21,24). The van der Waals surface area contributed by atoms with Gasteiger partial charge in [0.05, 0.1) is 24.9 Å². The largest absolute Gasteiger partial charge is 0.379 e. The van der Waals surface area contributed by atoms with E-state index in [1.165, 1.54) is 11.1 Å². The molecule has 1 aliphatic rings. The van der Waals surface area contributed by atoms with Crippen LogP contribution in [0.15, 0.2) is 24.5 Å². The number of hydrogen-bond donors (Lipinski definition) is 1. The number of carbonyl (C=O) groups is 1. The van der Waals surface area contributed by atoms with E-state index < -0.39 is 0 Å². The van der Waals surface area contributed by atoms with Crippen molar-refractivity contribution in [2.75, 3.05) is 13.2 Å². The molecule has 0 spiro atoms. The van der Waals surface area contributed by atoms with Gasteiger partial charge in [0.2, 0.25) is 5.91 Å². The second-order valence-corrected chi connectivity index (χ2v) is 6.69. The topological polar surface area (TPSA) is 69.0 Å². The second-order valence-electron chi connectivity index (χ2n) is 6.69. The Morgan fingerprint density at radius 3 is 2.76 bits per heavy atom. The lowest BCUT2D eigenvalue weighted by Gasteiger charge is -2.19. The normalized spacial score (nSPS) is 20.0. The minimum absolute atomic E-state index is 0.0107. The average Bonchev–Trinajstić information content (AvgIpc) is 3.13. The number of nitrogens with zero attached hydrogens (tertiary/aromatic N) is 3. The lowest BCUT2D eigenvalue weighted by atomic mass is 9.95. The molecule has 2 aromatic rings. The van der Waals surface area contributed by atoms with Gasteiger partial charge < -0.3 is 10.1 Å². The van der Waals surface area contributed by atoms with Crippen LogP contribution in [0.2, 0.25) is 0 Å². The second kappa shape index (κ2) is 7.78. The molecule has 2 aromatic heterocycles. The van der Waals surface area contributed by atoms with Gasteiger partial charge in [0.25, 0.3) is 0 Å². The van der Waals surface area contributed by atoms with Crippen LogP contribution in [-0.4, -0.2) is 39.9 Å². The van der Waals surface area contributed by atoms with E-state index in [2.05, 4.69) is 22.3 Å². The molecule has 0 bridgehead atoms. The molecule has 0 saturated carbocycles. The molecule has 2 atom stereocenters. The molecule has 1 amide bonds. The minimum atomic E-state index is -0.0107. The lowest BCUT2D eigenvalue weighted by molar-refractivity contribution is -0.122. The summed E-state index contributed by atoms with van der Waals surface area (Å²) in [6.45, 7) is 7.63. The minimum Gasteiger partial charge on any atom is -0.379 e. The number of carbonyl (C=O) groups excluding carboxylic acids is 1. The molecule has 3 heterocycles. The maximum atomic E-state index is 12.5. The van der Waals surface area contributed by atoms with Crippen LogP contribution in [0.3, 0.4) is 0 Å². The SMILES string of the molecule is CCc1c(C)nn(CC(=O)NC2COCC2Cc2ccncc2)c1C. The van der Waals surface area contributed by atoms with Crippen LogP contribution in [0.1, 0.15) is 29.4 Å². The van der Waals surface area contributed by atoms with Crippen molar-refractivity contribution in [1.29, 1.82) is 0 Å². The van der Waals surface area contributed by atoms with Crippen molar-refractivity contribution < 1.29 is 9.53 Å². The smallest absolute Gasteiger partial charge is 0.242 e. The van der Waals surface area contributed by atoms with Crippen LogP contribution in [0.4, 0.5) is 0 Å². The fourth-order valence-electron chi connectivity index (χ4n) is 3.57. The highest BCUT2D eigenvalue weighted by molar-refractivity contribution is 5.76. The molecule has 0 radical (unpaired) electrons. The molecule has 134 valence electrons. The van der Waals surface area contributed by atoms with Crippen molar-refractivity contribution >= 4 is 5.91 Å². The third kappa shape index (κ3) is 4.07. The summed E-state index contributed by atoms with van der Waals surface area (Å²) >= 11 is 0. The zero-order valence-corrected chi connectivity index (χ0v) is 15.2. The fourth-order valence-corrected chi connectivity index (χ4v) is 3.57. The zero-order valence-electron chi connectivity index (χ0n) is 15.2. The first-order valence-corrected chi connectivity index (χ1v) is 8.87. The van der Waals surface area contributed by atoms with E-state index in [9.17, 15) is 4.79 Å². The Hall–Kier alpha value is -2.21. The first-order valence-electron chi connectivity index (χ1n) is 8.87. The summed E-state index contributed by atoms with van der Waals surface area (Å²) in [6, 6.07) is 4.07. The van der Waals surface area contributed by atoms with Crippen LogP contribution < -0.4 is 5.32 Å². The molecule has 3 rings (SSSR count). The maximum Gasteiger partial charge on any atom is 0.242 e. The lowest BCUT2D eigenvalue weighted by Crippen LogP contribution is -2.42. The van der Waals surface area contributed by atoms with Gasteiger partial charge in [-0.05, 0) is 49.9 Å². The summed E-state index contributed by atoms with van der Waals surface area (Å²) in [4.78, 5) is 16.5. The van der Waals surface area contributed by atoms with Gasteiger partial charge in [-0.25, -0.2) is 0 Å². The molecule has 6 heteroatoms. The number of nitrogens with one attached hydrogen (secondary N) is 1. The number of aromatic nitrogens is 3. The number of amides is 1.